The number of likely N-dealkylation sites (N-methyl/N-ethyl adjacent to an activating group) is 1. The molecule has 20 heavy (non-hydrogen) atoms. The van der Waals surface area contributed by atoms with Crippen LogP contribution in [0.2, 0.25) is 0 Å². The highest BCUT2D eigenvalue weighted by Gasteiger charge is 2.37. The quantitative estimate of drug-likeness (QED) is 0.446. The third-order valence-corrected chi connectivity index (χ3v) is 5.23. The van der Waals surface area contributed by atoms with Crippen LogP contribution >= 0.6 is 7.37 Å². The van der Waals surface area contributed by atoms with E-state index in [9.17, 15) is 19.0 Å². The number of nitrogens with zero attached hydrogens (tertiary/aromatic N) is 1. The lowest BCUT2D eigenvalue weighted by Gasteiger charge is -2.29. The molecule has 0 heterocycles. The van der Waals surface area contributed by atoms with Gasteiger partial charge < -0.3 is 26.4 Å². The molecule has 6 N–H and O–H groups in total. The van der Waals surface area contributed by atoms with Gasteiger partial charge >= 0.3 is 5.97 Å². The molecule has 0 rings (SSSR count). The predicted molar refractivity (Wildman–Crippen MR) is 75.4 cm³/mol. The van der Waals surface area contributed by atoms with E-state index in [-0.39, 0.29) is 0 Å². The minimum atomic E-state index is -3.85. The standard InChI is InChI=1S/C11H24N3O5P/c1-4-5-8(13)10(15)14(3)9(11(16)17)6-20(18,19)7(2)12/h7-9H,4-6,12-13H2,1-3H3,(H,16,17)(H,18,19)/t7?,8-,9?/m0/s1. The van der Waals surface area contributed by atoms with Crippen molar-refractivity contribution in [3.63, 3.8) is 0 Å². The molecule has 0 saturated heterocycles. The fourth-order valence-electron chi connectivity index (χ4n) is 1.63. The molecular weight excluding hydrogens is 285 g/mol. The van der Waals surface area contributed by atoms with Crippen LogP contribution < -0.4 is 11.5 Å². The third kappa shape index (κ3) is 5.20. The van der Waals surface area contributed by atoms with Crippen molar-refractivity contribution in [1.29, 1.82) is 0 Å². The first-order valence-corrected chi connectivity index (χ1v) is 8.28. The van der Waals surface area contributed by atoms with Crippen molar-refractivity contribution in [1.82, 2.24) is 4.90 Å². The van der Waals surface area contributed by atoms with Crippen molar-refractivity contribution in [2.75, 3.05) is 13.2 Å². The van der Waals surface area contributed by atoms with Gasteiger partial charge in [-0.15, -0.1) is 0 Å². The van der Waals surface area contributed by atoms with Crippen molar-refractivity contribution in [3.05, 3.63) is 0 Å². The second-order valence-corrected chi connectivity index (χ2v) is 7.57. The molecule has 0 aliphatic rings. The van der Waals surface area contributed by atoms with E-state index in [1.54, 1.807) is 0 Å². The minimum Gasteiger partial charge on any atom is -0.480 e. The summed E-state index contributed by atoms with van der Waals surface area (Å²) in [6.07, 6.45) is 0.498. The summed E-state index contributed by atoms with van der Waals surface area (Å²) in [5.74, 6) is -2.99. The molecule has 0 spiro atoms. The van der Waals surface area contributed by atoms with Crippen LogP contribution in [0, 0.1) is 0 Å². The predicted octanol–water partition coefficient (Wildman–Crippen LogP) is -0.399. The topological polar surface area (TPSA) is 147 Å². The maximum Gasteiger partial charge on any atom is 0.326 e. The SMILES string of the molecule is CCC[C@H](N)C(=O)N(C)C(CP(=O)(O)C(C)N)C(=O)O. The zero-order valence-electron chi connectivity index (χ0n) is 12.0. The molecule has 4 atom stereocenters. The van der Waals surface area contributed by atoms with Gasteiger partial charge in [0.05, 0.1) is 18.0 Å². The molecule has 118 valence electrons. The summed E-state index contributed by atoms with van der Waals surface area (Å²) in [7, 11) is -2.59. The molecule has 0 saturated carbocycles. The summed E-state index contributed by atoms with van der Waals surface area (Å²) in [5, 5.41) is 9.14. The largest absolute Gasteiger partial charge is 0.480 e. The van der Waals surface area contributed by atoms with Gasteiger partial charge in [-0.2, -0.15) is 0 Å². The molecule has 0 aliphatic carbocycles. The molecule has 0 aromatic heterocycles. The summed E-state index contributed by atoms with van der Waals surface area (Å²) in [4.78, 5) is 33.8. The molecule has 3 unspecified atom stereocenters. The zero-order chi connectivity index (χ0) is 16.1. The molecule has 0 aromatic rings. The maximum absolute atomic E-state index is 12.0. The summed E-state index contributed by atoms with van der Waals surface area (Å²) < 4.78 is 11.8. The number of carboxylic acid groups (broad SMARTS) is 1. The Bertz CT molecular complexity index is 402. The minimum absolute atomic E-state index is 0.416. The number of carbonyl (C=O) groups is 2. The van der Waals surface area contributed by atoms with Crippen LogP contribution in [0.1, 0.15) is 26.7 Å². The Morgan fingerprint density at radius 1 is 1.35 bits per heavy atom. The summed E-state index contributed by atoms with van der Waals surface area (Å²) in [6, 6.07) is -2.24. The maximum atomic E-state index is 12.0. The number of aliphatic carboxylic acids is 1. The average molecular weight is 309 g/mol. The van der Waals surface area contributed by atoms with E-state index >= 15 is 0 Å². The monoisotopic (exact) mass is 309 g/mol. The first-order chi connectivity index (χ1) is 9.04. The summed E-state index contributed by atoms with van der Waals surface area (Å²) in [5.41, 5.74) is 11.0. The lowest BCUT2D eigenvalue weighted by atomic mass is 10.1. The Kier molecular flexibility index (Phi) is 7.37. The lowest BCUT2D eigenvalue weighted by molar-refractivity contribution is -0.148. The highest BCUT2D eigenvalue weighted by atomic mass is 31.2. The fourth-order valence-corrected chi connectivity index (χ4v) is 2.86. The van der Waals surface area contributed by atoms with Crippen LogP contribution in [0.25, 0.3) is 0 Å². The number of hydrogen-bond donors (Lipinski definition) is 4. The molecule has 0 aromatic carbocycles. The normalized spacial score (nSPS) is 18.7. The first-order valence-electron chi connectivity index (χ1n) is 6.36. The Morgan fingerprint density at radius 2 is 1.85 bits per heavy atom. The van der Waals surface area contributed by atoms with Gasteiger partial charge in [0.2, 0.25) is 13.3 Å². The molecule has 0 radical (unpaired) electrons. The molecule has 1 amide bonds. The number of carboxylic acids is 1. The molecule has 0 fully saturated rings. The smallest absolute Gasteiger partial charge is 0.326 e. The van der Waals surface area contributed by atoms with Gasteiger partial charge in [0, 0.05) is 7.05 Å². The fraction of sp³-hybridized carbons (Fsp3) is 0.818. The van der Waals surface area contributed by atoms with Crippen LogP contribution in [-0.4, -0.2) is 57.9 Å². The van der Waals surface area contributed by atoms with Gasteiger partial charge in [-0.1, -0.05) is 13.3 Å². The number of amides is 1. The van der Waals surface area contributed by atoms with Gasteiger partial charge in [0.15, 0.2) is 0 Å². The molecule has 0 bridgehead atoms. The van der Waals surface area contributed by atoms with E-state index in [2.05, 4.69) is 0 Å². The van der Waals surface area contributed by atoms with Crippen LogP contribution in [0.4, 0.5) is 0 Å². The molecule has 0 aliphatic heterocycles. The highest BCUT2D eigenvalue weighted by Crippen LogP contribution is 2.44. The number of nitrogens with two attached hydrogens (primary N) is 2. The third-order valence-electron chi connectivity index (χ3n) is 3.09. The van der Waals surface area contributed by atoms with Gasteiger partial charge in [-0.05, 0) is 13.3 Å². The van der Waals surface area contributed by atoms with Crippen molar-refractivity contribution >= 4 is 19.2 Å². The van der Waals surface area contributed by atoms with Crippen LogP contribution in [0.5, 0.6) is 0 Å². The van der Waals surface area contributed by atoms with Crippen LogP contribution in [0.3, 0.4) is 0 Å². The molecular formula is C11H24N3O5P. The number of hydrogen-bond acceptors (Lipinski definition) is 5. The van der Waals surface area contributed by atoms with Crippen LogP contribution in [0.15, 0.2) is 0 Å². The summed E-state index contributed by atoms with van der Waals surface area (Å²) >= 11 is 0. The zero-order valence-corrected chi connectivity index (χ0v) is 12.9. The van der Waals surface area contributed by atoms with Gasteiger partial charge in [-0.3, -0.25) is 9.36 Å². The van der Waals surface area contributed by atoms with Crippen molar-refractivity contribution < 1.29 is 24.2 Å². The van der Waals surface area contributed by atoms with E-state index in [1.165, 1.54) is 14.0 Å². The Hall–Kier alpha value is -0.950. The molecule has 8 nitrogen and oxygen atoms in total. The van der Waals surface area contributed by atoms with Crippen molar-refractivity contribution in [2.45, 2.75) is 44.6 Å². The first kappa shape index (κ1) is 19.1. The lowest BCUT2D eigenvalue weighted by Crippen LogP contribution is -2.51. The molecule has 9 heteroatoms. The summed E-state index contributed by atoms with van der Waals surface area (Å²) in [6.45, 7) is 3.17. The van der Waals surface area contributed by atoms with Crippen LogP contribution in [-0.2, 0) is 14.2 Å². The highest BCUT2D eigenvalue weighted by molar-refractivity contribution is 7.58. The van der Waals surface area contributed by atoms with Gasteiger partial charge in [0.1, 0.15) is 6.04 Å². The number of rotatable bonds is 8. The van der Waals surface area contributed by atoms with Gasteiger partial charge in [0.25, 0.3) is 0 Å². The second-order valence-electron chi connectivity index (χ2n) is 4.88. The van der Waals surface area contributed by atoms with E-state index in [0.717, 1.165) is 4.90 Å². The Labute approximate surface area is 118 Å². The average Bonchev–Trinajstić information content (AvgIpc) is 2.34. The van der Waals surface area contributed by atoms with E-state index in [1.807, 2.05) is 6.92 Å². The van der Waals surface area contributed by atoms with Crippen molar-refractivity contribution in [2.24, 2.45) is 11.5 Å². The Balaban J connectivity index is 5.06. The van der Waals surface area contributed by atoms with E-state index < -0.39 is 43.3 Å². The van der Waals surface area contributed by atoms with Gasteiger partial charge in [-0.25, -0.2) is 4.79 Å². The Morgan fingerprint density at radius 3 is 2.20 bits per heavy atom. The van der Waals surface area contributed by atoms with E-state index in [4.69, 9.17) is 16.6 Å². The van der Waals surface area contributed by atoms with E-state index in [0.29, 0.717) is 12.8 Å². The number of carbonyl (C=O) groups excluding carboxylic acids is 1. The van der Waals surface area contributed by atoms with Crippen molar-refractivity contribution in [3.8, 4) is 0 Å². The second kappa shape index (κ2) is 7.73.